The van der Waals surface area contributed by atoms with Gasteiger partial charge >= 0.3 is 0 Å². The van der Waals surface area contributed by atoms with Gasteiger partial charge in [-0.2, -0.15) is 0 Å². The zero-order valence-corrected chi connectivity index (χ0v) is 12.7. The van der Waals surface area contributed by atoms with Crippen LogP contribution in [-0.4, -0.2) is 23.1 Å². The van der Waals surface area contributed by atoms with Gasteiger partial charge in [0.15, 0.2) is 0 Å². The fourth-order valence-electron chi connectivity index (χ4n) is 3.33. The van der Waals surface area contributed by atoms with Crippen molar-refractivity contribution in [1.82, 2.24) is 9.97 Å². The van der Waals surface area contributed by atoms with Crippen molar-refractivity contribution < 1.29 is 0 Å². The predicted octanol–water partition coefficient (Wildman–Crippen LogP) is 2.43. The zero-order chi connectivity index (χ0) is 14.3. The summed E-state index contributed by atoms with van der Waals surface area (Å²) >= 11 is 0. The highest BCUT2D eigenvalue weighted by atomic mass is 15.3. The van der Waals surface area contributed by atoms with Gasteiger partial charge in [0.05, 0.1) is 0 Å². The second-order valence-corrected chi connectivity index (χ2v) is 6.65. The van der Waals surface area contributed by atoms with E-state index >= 15 is 0 Å². The molecule has 0 spiro atoms. The van der Waals surface area contributed by atoms with E-state index in [1.807, 2.05) is 0 Å². The minimum atomic E-state index is 0.543. The molecule has 2 heterocycles. The summed E-state index contributed by atoms with van der Waals surface area (Å²) in [5.41, 5.74) is 3.81. The number of hydrogen-bond donors (Lipinski definition) is 2. The van der Waals surface area contributed by atoms with Gasteiger partial charge in [-0.15, -0.1) is 0 Å². The molecule has 20 heavy (non-hydrogen) atoms. The van der Waals surface area contributed by atoms with Gasteiger partial charge in [-0.1, -0.05) is 13.8 Å². The van der Waals surface area contributed by atoms with Gasteiger partial charge in [0, 0.05) is 24.6 Å². The second-order valence-electron chi connectivity index (χ2n) is 6.65. The molecule has 1 aliphatic heterocycles. The number of rotatable bonds is 3. The number of hydrogen-bond acceptors (Lipinski definition) is 5. The Morgan fingerprint density at radius 2 is 1.80 bits per heavy atom. The summed E-state index contributed by atoms with van der Waals surface area (Å²) < 4.78 is 0. The van der Waals surface area contributed by atoms with Crippen LogP contribution in [0.5, 0.6) is 0 Å². The summed E-state index contributed by atoms with van der Waals surface area (Å²) in [7, 11) is 0. The van der Waals surface area contributed by atoms with E-state index in [0.717, 1.165) is 36.1 Å². The first kappa shape index (κ1) is 13.6. The molecular weight excluding hydrogens is 250 g/mol. The van der Waals surface area contributed by atoms with Crippen molar-refractivity contribution >= 4 is 11.6 Å². The topological polar surface area (TPSA) is 67.1 Å². The Morgan fingerprint density at radius 3 is 2.35 bits per heavy atom. The minimum Gasteiger partial charge on any atom is -0.356 e. The Bertz CT molecular complexity index is 487. The number of aromatic nitrogens is 2. The molecule has 1 aromatic heterocycles. The molecule has 0 bridgehead atoms. The third kappa shape index (κ3) is 2.59. The second kappa shape index (κ2) is 5.20. The van der Waals surface area contributed by atoms with E-state index in [4.69, 9.17) is 10.8 Å². The number of piperidine rings is 1. The first-order valence-corrected chi connectivity index (χ1v) is 7.68. The molecule has 0 radical (unpaired) electrons. The Balaban J connectivity index is 1.96. The largest absolute Gasteiger partial charge is 0.356 e. The Kier molecular flexibility index (Phi) is 3.54. The summed E-state index contributed by atoms with van der Waals surface area (Å²) in [5.74, 6) is 10.4. The lowest BCUT2D eigenvalue weighted by Gasteiger charge is -2.36. The summed E-state index contributed by atoms with van der Waals surface area (Å²) in [5, 5.41) is 0. The number of nitrogen functional groups attached to an aromatic ring is 1. The highest BCUT2D eigenvalue weighted by molar-refractivity contribution is 5.58. The number of hydrazine groups is 1. The van der Waals surface area contributed by atoms with Crippen molar-refractivity contribution in [3.8, 4) is 0 Å². The van der Waals surface area contributed by atoms with Gasteiger partial charge in [-0.05, 0) is 38.0 Å². The molecule has 1 saturated heterocycles. The van der Waals surface area contributed by atoms with Crippen LogP contribution in [0.2, 0.25) is 0 Å². The lowest BCUT2D eigenvalue weighted by molar-refractivity contribution is 0.355. The number of nitrogens with zero attached hydrogens (tertiary/aromatic N) is 3. The average molecular weight is 275 g/mol. The number of nitrogens with two attached hydrogens (primary N) is 1. The van der Waals surface area contributed by atoms with Crippen molar-refractivity contribution in [2.24, 2.45) is 17.7 Å². The van der Waals surface area contributed by atoms with E-state index in [-0.39, 0.29) is 0 Å². The van der Waals surface area contributed by atoms with Crippen molar-refractivity contribution in [3.05, 3.63) is 11.4 Å². The van der Waals surface area contributed by atoms with E-state index in [1.165, 1.54) is 19.3 Å². The summed E-state index contributed by atoms with van der Waals surface area (Å²) in [6.45, 7) is 8.87. The Hall–Kier alpha value is -1.36. The third-order valence-electron chi connectivity index (χ3n) is 4.39. The van der Waals surface area contributed by atoms with Crippen molar-refractivity contribution in [1.29, 1.82) is 0 Å². The van der Waals surface area contributed by atoms with E-state index < -0.39 is 0 Å². The standard InChI is InChI=1S/C15H25N5/c1-9-6-10(2)8-20(7-9)15-11(3)13(19-16)17-14(18-15)12-4-5-12/h9-10,12H,4-8,16H2,1-3H3,(H,17,18,19). The van der Waals surface area contributed by atoms with Gasteiger partial charge in [-0.25, -0.2) is 15.8 Å². The molecule has 5 nitrogen and oxygen atoms in total. The highest BCUT2D eigenvalue weighted by Gasteiger charge is 2.30. The maximum atomic E-state index is 5.63. The molecule has 2 unspecified atom stereocenters. The van der Waals surface area contributed by atoms with Crippen LogP contribution < -0.4 is 16.2 Å². The van der Waals surface area contributed by atoms with Gasteiger partial charge < -0.3 is 10.3 Å². The van der Waals surface area contributed by atoms with E-state index in [2.05, 4.69) is 36.1 Å². The average Bonchev–Trinajstić information content (AvgIpc) is 3.22. The molecule has 0 aromatic carbocycles. The quantitative estimate of drug-likeness (QED) is 0.655. The van der Waals surface area contributed by atoms with Crippen LogP contribution in [0.4, 0.5) is 11.6 Å². The zero-order valence-electron chi connectivity index (χ0n) is 12.7. The predicted molar refractivity (Wildman–Crippen MR) is 81.7 cm³/mol. The first-order valence-electron chi connectivity index (χ1n) is 7.68. The fourth-order valence-corrected chi connectivity index (χ4v) is 3.33. The van der Waals surface area contributed by atoms with Gasteiger partial charge in [0.25, 0.3) is 0 Å². The smallest absolute Gasteiger partial charge is 0.148 e. The maximum absolute atomic E-state index is 5.63. The molecule has 3 N–H and O–H groups in total. The lowest BCUT2D eigenvalue weighted by Crippen LogP contribution is -2.40. The van der Waals surface area contributed by atoms with Crippen LogP contribution in [0, 0.1) is 18.8 Å². The molecule has 2 fully saturated rings. The van der Waals surface area contributed by atoms with Gasteiger partial charge in [0.1, 0.15) is 17.5 Å². The molecule has 2 aliphatic rings. The fraction of sp³-hybridized carbons (Fsp3) is 0.733. The molecule has 1 aromatic rings. The third-order valence-corrected chi connectivity index (χ3v) is 4.39. The van der Waals surface area contributed by atoms with Crippen LogP contribution in [0.3, 0.4) is 0 Å². The normalized spacial score (nSPS) is 26.7. The van der Waals surface area contributed by atoms with Crippen LogP contribution in [0.1, 0.15) is 50.4 Å². The van der Waals surface area contributed by atoms with Crippen molar-refractivity contribution in [2.75, 3.05) is 23.4 Å². The van der Waals surface area contributed by atoms with Crippen LogP contribution in [-0.2, 0) is 0 Å². The molecule has 3 rings (SSSR count). The molecule has 110 valence electrons. The summed E-state index contributed by atoms with van der Waals surface area (Å²) in [4.78, 5) is 11.8. The van der Waals surface area contributed by atoms with E-state index in [0.29, 0.717) is 17.8 Å². The maximum Gasteiger partial charge on any atom is 0.148 e. The van der Waals surface area contributed by atoms with Crippen molar-refractivity contribution in [2.45, 2.75) is 46.0 Å². The highest BCUT2D eigenvalue weighted by Crippen LogP contribution is 2.40. The van der Waals surface area contributed by atoms with Crippen LogP contribution in [0.25, 0.3) is 0 Å². The lowest BCUT2D eigenvalue weighted by atomic mass is 9.92. The Labute approximate surface area is 120 Å². The van der Waals surface area contributed by atoms with Crippen LogP contribution >= 0.6 is 0 Å². The monoisotopic (exact) mass is 275 g/mol. The van der Waals surface area contributed by atoms with E-state index in [9.17, 15) is 0 Å². The number of anilines is 2. The molecular formula is C15H25N5. The van der Waals surface area contributed by atoms with Gasteiger partial charge in [-0.3, -0.25) is 0 Å². The molecule has 1 saturated carbocycles. The van der Waals surface area contributed by atoms with Gasteiger partial charge in [0.2, 0.25) is 0 Å². The van der Waals surface area contributed by atoms with Crippen molar-refractivity contribution in [3.63, 3.8) is 0 Å². The first-order chi connectivity index (χ1) is 9.58. The molecule has 0 amide bonds. The summed E-state index contributed by atoms with van der Waals surface area (Å²) in [6.07, 6.45) is 3.72. The molecule has 1 aliphatic carbocycles. The minimum absolute atomic E-state index is 0.543. The SMILES string of the molecule is Cc1c(NN)nc(C2CC2)nc1N1CC(C)CC(C)C1. The van der Waals surface area contributed by atoms with Crippen LogP contribution in [0.15, 0.2) is 0 Å². The molecule has 5 heteroatoms. The Morgan fingerprint density at radius 1 is 1.15 bits per heavy atom. The molecule has 2 atom stereocenters. The summed E-state index contributed by atoms with van der Waals surface area (Å²) in [6, 6.07) is 0. The number of nitrogens with one attached hydrogen (secondary N) is 1. The van der Waals surface area contributed by atoms with E-state index in [1.54, 1.807) is 0 Å².